The minimum atomic E-state index is -0.283. The lowest BCUT2D eigenvalue weighted by molar-refractivity contribution is 0.333. The summed E-state index contributed by atoms with van der Waals surface area (Å²) in [5, 5.41) is 9.81. The Morgan fingerprint density at radius 3 is 2.70 bits per heavy atom. The molecule has 7 nitrogen and oxygen atoms in total. The summed E-state index contributed by atoms with van der Waals surface area (Å²) in [6.45, 7) is 8.17. The summed E-state index contributed by atoms with van der Waals surface area (Å²) < 4.78 is 20.6. The van der Waals surface area contributed by atoms with Gasteiger partial charge in [0.05, 0.1) is 17.8 Å². The Kier molecular flexibility index (Phi) is 4.57. The van der Waals surface area contributed by atoms with Crippen LogP contribution in [0.2, 0.25) is 0 Å². The van der Waals surface area contributed by atoms with Crippen LogP contribution < -0.4 is 4.90 Å². The van der Waals surface area contributed by atoms with Crippen molar-refractivity contribution in [1.82, 2.24) is 24.7 Å². The summed E-state index contributed by atoms with van der Waals surface area (Å²) in [4.78, 5) is 12.5. The van der Waals surface area contributed by atoms with Gasteiger partial charge in [0, 0.05) is 24.1 Å². The second-order valence-corrected chi connectivity index (χ2v) is 9.67. The molecule has 0 saturated carbocycles. The molecule has 4 aromatic rings. The largest absolute Gasteiger partial charge is 0.346 e. The van der Waals surface area contributed by atoms with E-state index in [1.54, 1.807) is 23.5 Å². The molecule has 0 radical (unpaired) electrons. The minimum absolute atomic E-state index is 0.00396. The average Bonchev–Trinajstić information content (AvgIpc) is 3.43. The van der Waals surface area contributed by atoms with Gasteiger partial charge in [-0.05, 0) is 37.1 Å². The maximum Gasteiger partial charge on any atom is 0.231 e. The maximum absolute atomic E-state index is 13.2. The molecule has 9 heteroatoms. The molecule has 0 bridgehead atoms. The molecule has 1 unspecified atom stereocenters. The van der Waals surface area contributed by atoms with E-state index in [0.29, 0.717) is 11.7 Å². The van der Waals surface area contributed by atoms with Gasteiger partial charge >= 0.3 is 0 Å². The molecular weight excluding hydrogens is 403 g/mol. The summed E-state index contributed by atoms with van der Waals surface area (Å²) >= 11 is 1.61. The number of anilines is 1. The Hall–Kier alpha value is -2.81. The Morgan fingerprint density at radius 1 is 1.17 bits per heavy atom. The Balaban J connectivity index is 1.34. The lowest BCUT2D eigenvalue weighted by atomic mass is 9.93. The van der Waals surface area contributed by atoms with Crippen LogP contribution in [-0.4, -0.2) is 37.8 Å². The maximum atomic E-state index is 13.2. The van der Waals surface area contributed by atoms with Crippen LogP contribution in [0, 0.1) is 5.82 Å². The van der Waals surface area contributed by atoms with Crippen molar-refractivity contribution < 1.29 is 8.91 Å². The molecule has 1 aromatic carbocycles. The van der Waals surface area contributed by atoms with Crippen molar-refractivity contribution in [3.8, 4) is 11.4 Å². The Morgan fingerprint density at radius 2 is 1.97 bits per heavy atom. The highest BCUT2D eigenvalue weighted by atomic mass is 32.1. The van der Waals surface area contributed by atoms with Crippen LogP contribution in [0.15, 0.2) is 35.0 Å². The number of benzene rings is 1. The number of nitrogens with zero attached hydrogens (tertiary/aromatic N) is 6. The van der Waals surface area contributed by atoms with Crippen molar-refractivity contribution in [3.05, 3.63) is 47.9 Å². The number of halogens is 1. The monoisotopic (exact) mass is 426 g/mol. The third kappa shape index (κ3) is 3.58. The van der Waals surface area contributed by atoms with Crippen LogP contribution in [0.4, 0.5) is 9.52 Å². The topological polar surface area (TPSA) is 72.3 Å². The molecule has 3 aromatic heterocycles. The van der Waals surface area contributed by atoms with Crippen LogP contribution in [0.25, 0.3) is 16.3 Å². The normalized spacial score (nSPS) is 17.7. The molecule has 1 fully saturated rings. The molecule has 0 N–H and O–H groups in total. The molecule has 1 aliphatic rings. The van der Waals surface area contributed by atoms with Crippen molar-refractivity contribution in [3.63, 3.8) is 0 Å². The smallest absolute Gasteiger partial charge is 0.231 e. The van der Waals surface area contributed by atoms with Gasteiger partial charge in [0.2, 0.25) is 21.8 Å². The van der Waals surface area contributed by atoms with Crippen LogP contribution >= 0.6 is 11.3 Å². The lowest BCUT2D eigenvalue weighted by Crippen LogP contribution is -2.34. The highest BCUT2D eigenvalue weighted by Crippen LogP contribution is 2.33. The van der Waals surface area contributed by atoms with Gasteiger partial charge in [-0.2, -0.15) is 4.98 Å². The summed E-state index contributed by atoms with van der Waals surface area (Å²) in [5.41, 5.74) is 1.79. The van der Waals surface area contributed by atoms with Gasteiger partial charge in [-0.1, -0.05) is 37.3 Å². The average molecular weight is 427 g/mol. The van der Waals surface area contributed by atoms with Crippen molar-refractivity contribution in [1.29, 1.82) is 0 Å². The zero-order chi connectivity index (χ0) is 20.9. The number of imidazole rings is 1. The van der Waals surface area contributed by atoms with Crippen LogP contribution in [0.1, 0.15) is 51.1 Å². The van der Waals surface area contributed by atoms with E-state index in [2.05, 4.69) is 35.8 Å². The fourth-order valence-corrected chi connectivity index (χ4v) is 4.57. The number of aromatic nitrogens is 5. The van der Waals surface area contributed by atoms with Crippen molar-refractivity contribution in [2.24, 2.45) is 0 Å². The summed E-state index contributed by atoms with van der Waals surface area (Å²) in [7, 11) is 0. The number of hydrogen-bond acceptors (Lipinski definition) is 7. The molecule has 5 rings (SSSR count). The molecule has 156 valence electrons. The fourth-order valence-electron chi connectivity index (χ4n) is 3.65. The predicted molar refractivity (Wildman–Crippen MR) is 113 cm³/mol. The first-order chi connectivity index (χ1) is 14.4. The Labute approximate surface area is 177 Å². The third-order valence-electron chi connectivity index (χ3n) is 5.39. The molecule has 0 amide bonds. The molecule has 1 atom stereocenters. The first kappa shape index (κ1) is 19.2. The summed E-state index contributed by atoms with van der Waals surface area (Å²) in [6, 6.07) is 6.12. The number of hydrogen-bond donors (Lipinski definition) is 0. The van der Waals surface area contributed by atoms with Crippen LogP contribution in [0.3, 0.4) is 0 Å². The molecule has 30 heavy (non-hydrogen) atoms. The molecular formula is C21H23FN6OS. The lowest BCUT2D eigenvalue weighted by Gasteiger charge is -2.30. The SMILES string of the molecule is CC(C)(C)c1cn2nc(N3CCCC(c4nc(-c5ccc(F)cc5)no4)C3)sc2n1. The quantitative estimate of drug-likeness (QED) is 0.474. The number of fused-ring (bicyclic) bond motifs is 1. The van der Waals surface area contributed by atoms with E-state index in [1.807, 2.05) is 10.7 Å². The van der Waals surface area contributed by atoms with Crippen LogP contribution in [-0.2, 0) is 5.41 Å². The molecule has 4 heterocycles. The van der Waals surface area contributed by atoms with Gasteiger partial charge < -0.3 is 9.42 Å². The molecule has 1 aliphatic heterocycles. The van der Waals surface area contributed by atoms with Crippen molar-refractivity contribution in [2.45, 2.75) is 44.9 Å². The van der Waals surface area contributed by atoms with E-state index in [0.717, 1.165) is 47.3 Å². The second-order valence-electron chi connectivity index (χ2n) is 8.74. The van der Waals surface area contributed by atoms with Gasteiger partial charge in [0.1, 0.15) is 5.82 Å². The van der Waals surface area contributed by atoms with E-state index in [1.165, 1.54) is 12.1 Å². The highest BCUT2D eigenvalue weighted by molar-refractivity contribution is 7.20. The van der Waals surface area contributed by atoms with Gasteiger partial charge in [-0.15, -0.1) is 5.10 Å². The van der Waals surface area contributed by atoms with E-state index in [4.69, 9.17) is 14.6 Å². The van der Waals surface area contributed by atoms with E-state index in [-0.39, 0.29) is 17.2 Å². The summed E-state index contributed by atoms with van der Waals surface area (Å²) in [5.74, 6) is 0.969. The minimum Gasteiger partial charge on any atom is -0.346 e. The van der Waals surface area contributed by atoms with Crippen molar-refractivity contribution >= 4 is 21.4 Å². The summed E-state index contributed by atoms with van der Waals surface area (Å²) in [6.07, 6.45) is 4.02. The van der Waals surface area contributed by atoms with E-state index < -0.39 is 0 Å². The zero-order valence-corrected chi connectivity index (χ0v) is 18.0. The van der Waals surface area contributed by atoms with Gasteiger partial charge in [-0.25, -0.2) is 13.9 Å². The first-order valence-electron chi connectivity index (χ1n) is 10.1. The third-order valence-corrected chi connectivity index (χ3v) is 6.37. The molecule has 0 spiro atoms. The standard InChI is InChI=1S/C21H23FN6OS/c1-21(2,3)16-12-28-19(23-16)30-20(25-28)27-10-4-5-14(11-27)18-24-17(26-29-18)13-6-8-15(22)9-7-13/h6-9,12,14H,4-5,10-11H2,1-3H3. The Bertz CT molecular complexity index is 1140. The van der Waals surface area contributed by atoms with Gasteiger partial charge in [0.15, 0.2) is 0 Å². The predicted octanol–water partition coefficient (Wildman–Crippen LogP) is 4.66. The van der Waals surface area contributed by atoms with Gasteiger partial charge in [0.25, 0.3) is 0 Å². The van der Waals surface area contributed by atoms with E-state index in [9.17, 15) is 4.39 Å². The molecule has 1 saturated heterocycles. The first-order valence-corrected chi connectivity index (χ1v) is 10.9. The number of piperidine rings is 1. The van der Waals surface area contributed by atoms with Crippen molar-refractivity contribution in [2.75, 3.05) is 18.0 Å². The fraction of sp³-hybridized carbons (Fsp3) is 0.429. The van der Waals surface area contributed by atoms with Gasteiger partial charge in [-0.3, -0.25) is 0 Å². The molecule has 0 aliphatic carbocycles. The van der Waals surface area contributed by atoms with E-state index >= 15 is 0 Å². The zero-order valence-electron chi connectivity index (χ0n) is 17.2. The number of rotatable bonds is 3. The second kappa shape index (κ2) is 7.16. The van der Waals surface area contributed by atoms with Crippen LogP contribution in [0.5, 0.6) is 0 Å². The highest BCUT2D eigenvalue weighted by Gasteiger charge is 2.29.